The molecule has 1 aliphatic heterocycles. The van der Waals surface area contributed by atoms with Gasteiger partial charge in [-0.15, -0.1) is 11.3 Å². The molecule has 4 nitrogen and oxygen atoms in total. The molecule has 134 valence electrons. The molecule has 0 unspecified atom stereocenters. The van der Waals surface area contributed by atoms with Crippen LogP contribution in [0.2, 0.25) is 0 Å². The summed E-state index contributed by atoms with van der Waals surface area (Å²) in [5.41, 5.74) is 3.85. The maximum absolute atomic E-state index is 12.1. The number of aryl methyl sites for hydroxylation is 3. The van der Waals surface area contributed by atoms with Crippen molar-refractivity contribution in [2.45, 2.75) is 39.5 Å². The molecule has 1 saturated heterocycles. The molecule has 5 heteroatoms. The second-order valence-corrected chi connectivity index (χ2v) is 8.20. The number of hydrogen-bond acceptors (Lipinski definition) is 4. The summed E-state index contributed by atoms with van der Waals surface area (Å²) in [6.07, 6.45) is 1.65. The Morgan fingerprint density at radius 2 is 2.12 bits per heavy atom. The van der Waals surface area contributed by atoms with Crippen LogP contribution in [0, 0.1) is 20.8 Å². The summed E-state index contributed by atoms with van der Waals surface area (Å²) in [7, 11) is 0. The molecule has 25 heavy (non-hydrogen) atoms. The molecule has 0 spiro atoms. The zero-order valence-corrected chi connectivity index (χ0v) is 16.2. The van der Waals surface area contributed by atoms with Crippen LogP contribution in [0.1, 0.15) is 39.0 Å². The van der Waals surface area contributed by atoms with Gasteiger partial charge in [-0.05, 0) is 50.8 Å². The van der Waals surface area contributed by atoms with Crippen LogP contribution in [0.25, 0.3) is 0 Å². The van der Waals surface area contributed by atoms with E-state index >= 15 is 0 Å². The number of likely N-dealkylation sites (tertiary alicyclic amines) is 1. The van der Waals surface area contributed by atoms with Gasteiger partial charge in [0.1, 0.15) is 0 Å². The molecule has 1 amide bonds. The van der Waals surface area contributed by atoms with E-state index in [2.05, 4.69) is 46.4 Å². The van der Waals surface area contributed by atoms with E-state index in [-0.39, 0.29) is 5.91 Å². The number of aromatic nitrogens is 1. The third kappa shape index (κ3) is 4.67. The molecule has 1 N–H and O–H groups in total. The molecule has 0 saturated carbocycles. The van der Waals surface area contributed by atoms with Gasteiger partial charge in [-0.3, -0.25) is 4.79 Å². The SMILES string of the molecule is Cc1nc(C)c(CC(=O)NCCN2CC[C@@H](c3ccccc3C)C2)s1. The fourth-order valence-electron chi connectivity index (χ4n) is 3.63. The zero-order chi connectivity index (χ0) is 17.8. The third-order valence-corrected chi connectivity index (χ3v) is 6.04. The number of hydrogen-bond donors (Lipinski definition) is 1. The van der Waals surface area contributed by atoms with E-state index in [1.165, 1.54) is 17.5 Å². The van der Waals surface area contributed by atoms with Crippen LogP contribution in [-0.4, -0.2) is 42.0 Å². The van der Waals surface area contributed by atoms with Gasteiger partial charge in [0.05, 0.1) is 17.1 Å². The molecule has 2 heterocycles. The number of benzene rings is 1. The Kier molecular flexibility index (Phi) is 5.86. The van der Waals surface area contributed by atoms with Crippen molar-refractivity contribution in [1.82, 2.24) is 15.2 Å². The standard InChI is InChI=1S/C20H27N3OS/c1-14-6-4-5-7-18(14)17-8-10-23(13-17)11-9-21-20(24)12-19-15(2)22-16(3)25-19/h4-7,17H,8-13H2,1-3H3,(H,21,24)/t17-/m1/s1. The number of thiazole rings is 1. The normalized spacial score (nSPS) is 17.8. The Morgan fingerprint density at radius 3 is 2.84 bits per heavy atom. The summed E-state index contributed by atoms with van der Waals surface area (Å²) < 4.78 is 0. The highest BCUT2D eigenvalue weighted by Crippen LogP contribution is 2.28. The quantitative estimate of drug-likeness (QED) is 0.863. The molecular weight excluding hydrogens is 330 g/mol. The van der Waals surface area contributed by atoms with Crippen molar-refractivity contribution in [3.05, 3.63) is 51.0 Å². The van der Waals surface area contributed by atoms with Crippen molar-refractivity contribution >= 4 is 17.2 Å². The lowest BCUT2D eigenvalue weighted by molar-refractivity contribution is -0.120. The largest absolute Gasteiger partial charge is 0.355 e. The summed E-state index contributed by atoms with van der Waals surface area (Å²) in [5, 5.41) is 4.09. The Morgan fingerprint density at radius 1 is 1.32 bits per heavy atom. The van der Waals surface area contributed by atoms with E-state index in [1.54, 1.807) is 11.3 Å². The summed E-state index contributed by atoms with van der Waals surface area (Å²) >= 11 is 1.62. The molecule has 0 radical (unpaired) electrons. The Hall–Kier alpha value is -1.72. The molecule has 1 aliphatic rings. The van der Waals surface area contributed by atoms with Crippen LogP contribution in [0.5, 0.6) is 0 Å². The van der Waals surface area contributed by atoms with E-state index in [1.807, 2.05) is 13.8 Å². The topological polar surface area (TPSA) is 45.2 Å². The van der Waals surface area contributed by atoms with Gasteiger partial charge in [0.15, 0.2) is 0 Å². The first-order chi connectivity index (χ1) is 12.0. The molecule has 1 aromatic carbocycles. The number of amides is 1. The number of carbonyl (C=O) groups is 1. The lowest BCUT2D eigenvalue weighted by Crippen LogP contribution is -2.34. The van der Waals surface area contributed by atoms with Gasteiger partial charge in [-0.1, -0.05) is 24.3 Å². The van der Waals surface area contributed by atoms with Crippen LogP contribution in [0.15, 0.2) is 24.3 Å². The first kappa shape index (κ1) is 18.1. The predicted octanol–water partition coefficient (Wildman–Crippen LogP) is 3.22. The molecule has 0 bridgehead atoms. The minimum atomic E-state index is 0.0985. The average Bonchev–Trinajstić information content (AvgIpc) is 3.15. The number of rotatable bonds is 6. The van der Waals surface area contributed by atoms with Gasteiger partial charge in [0.2, 0.25) is 5.91 Å². The zero-order valence-electron chi connectivity index (χ0n) is 15.3. The highest BCUT2D eigenvalue weighted by molar-refractivity contribution is 7.11. The Bertz CT molecular complexity index is 740. The van der Waals surface area contributed by atoms with E-state index in [0.717, 1.165) is 41.8 Å². The van der Waals surface area contributed by atoms with Crippen LogP contribution in [0.4, 0.5) is 0 Å². The average molecular weight is 358 g/mol. The maximum Gasteiger partial charge on any atom is 0.225 e. The molecule has 1 atom stereocenters. The molecule has 3 rings (SSSR count). The smallest absolute Gasteiger partial charge is 0.225 e. The molecule has 0 aliphatic carbocycles. The highest BCUT2D eigenvalue weighted by atomic mass is 32.1. The lowest BCUT2D eigenvalue weighted by atomic mass is 9.94. The fourth-order valence-corrected chi connectivity index (χ4v) is 4.57. The van der Waals surface area contributed by atoms with E-state index in [9.17, 15) is 4.79 Å². The van der Waals surface area contributed by atoms with Crippen molar-refractivity contribution < 1.29 is 4.79 Å². The summed E-state index contributed by atoms with van der Waals surface area (Å²) in [5.74, 6) is 0.723. The van der Waals surface area contributed by atoms with Gasteiger partial charge in [0.25, 0.3) is 0 Å². The number of nitrogens with one attached hydrogen (secondary N) is 1. The molecule has 1 fully saturated rings. The fraction of sp³-hybridized carbons (Fsp3) is 0.500. The highest BCUT2D eigenvalue weighted by Gasteiger charge is 2.24. The second kappa shape index (κ2) is 8.11. The second-order valence-electron chi connectivity index (χ2n) is 6.91. The van der Waals surface area contributed by atoms with Crippen LogP contribution >= 0.6 is 11.3 Å². The van der Waals surface area contributed by atoms with Gasteiger partial charge in [-0.2, -0.15) is 0 Å². The number of carbonyl (C=O) groups excluding carboxylic acids is 1. The first-order valence-corrected chi connectivity index (χ1v) is 9.82. The summed E-state index contributed by atoms with van der Waals surface area (Å²) in [6, 6.07) is 8.69. The van der Waals surface area contributed by atoms with Crippen molar-refractivity contribution in [3.63, 3.8) is 0 Å². The monoisotopic (exact) mass is 357 g/mol. The summed E-state index contributed by atoms with van der Waals surface area (Å²) in [4.78, 5) is 20.0. The van der Waals surface area contributed by atoms with Crippen molar-refractivity contribution in [3.8, 4) is 0 Å². The van der Waals surface area contributed by atoms with Crippen molar-refractivity contribution in [2.24, 2.45) is 0 Å². The maximum atomic E-state index is 12.1. The third-order valence-electron chi connectivity index (χ3n) is 4.97. The van der Waals surface area contributed by atoms with Crippen LogP contribution in [-0.2, 0) is 11.2 Å². The van der Waals surface area contributed by atoms with E-state index in [0.29, 0.717) is 12.3 Å². The summed E-state index contributed by atoms with van der Waals surface area (Å²) in [6.45, 7) is 10.0. The van der Waals surface area contributed by atoms with Crippen molar-refractivity contribution in [2.75, 3.05) is 26.2 Å². The van der Waals surface area contributed by atoms with Crippen LogP contribution in [0.3, 0.4) is 0 Å². The molecular formula is C20H27N3OS. The van der Waals surface area contributed by atoms with Gasteiger partial charge in [-0.25, -0.2) is 4.98 Å². The molecule has 2 aromatic rings. The van der Waals surface area contributed by atoms with Gasteiger partial charge < -0.3 is 10.2 Å². The van der Waals surface area contributed by atoms with Crippen molar-refractivity contribution in [1.29, 1.82) is 0 Å². The predicted molar refractivity (Wildman–Crippen MR) is 103 cm³/mol. The minimum Gasteiger partial charge on any atom is -0.355 e. The van der Waals surface area contributed by atoms with Gasteiger partial charge in [0, 0.05) is 24.5 Å². The Labute approximate surface area is 154 Å². The number of nitrogens with zero attached hydrogens (tertiary/aromatic N) is 2. The minimum absolute atomic E-state index is 0.0985. The van der Waals surface area contributed by atoms with Crippen LogP contribution < -0.4 is 5.32 Å². The van der Waals surface area contributed by atoms with E-state index in [4.69, 9.17) is 0 Å². The first-order valence-electron chi connectivity index (χ1n) is 9.00. The van der Waals surface area contributed by atoms with Gasteiger partial charge >= 0.3 is 0 Å². The van der Waals surface area contributed by atoms with E-state index < -0.39 is 0 Å². The lowest BCUT2D eigenvalue weighted by Gasteiger charge is -2.17. The Balaban J connectivity index is 1.42. The molecule has 1 aromatic heterocycles.